The molecule has 0 atom stereocenters. The zero-order valence-corrected chi connectivity index (χ0v) is 8.32. The van der Waals surface area contributed by atoms with Crippen LogP contribution in [-0.4, -0.2) is 0 Å². The standard InChI is InChI=1S/C12H14F2/c1-2-12(6-3-7-12)10-8-9(13)4-5-11(10)14/h4-5,8H,2-3,6-7H2,1H3. The molecule has 2 heteroatoms. The van der Waals surface area contributed by atoms with Gasteiger partial charge >= 0.3 is 0 Å². The highest BCUT2D eigenvalue weighted by Gasteiger charge is 2.38. The molecule has 2 rings (SSSR count). The van der Waals surface area contributed by atoms with Gasteiger partial charge in [-0.05, 0) is 48.4 Å². The molecule has 0 saturated heterocycles. The number of benzene rings is 1. The summed E-state index contributed by atoms with van der Waals surface area (Å²) in [7, 11) is 0. The van der Waals surface area contributed by atoms with Gasteiger partial charge < -0.3 is 0 Å². The monoisotopic (exact) mass is 196 g/mol. The third-order valence-electron chi connectivity index (χ3n) is 3.49. The SMILES string of the molecule is CCC1(c2cc(F)ccc2F)CCC1. The van der Waals surface area contributed by atoms with E-state index in [0.29, 0.717) is 5.56 Å². The number of rotatable bonds is 2. The molecule has 0 nitrogen and oxygen atoms in total. The highest BCUT2D eigenvalue weighted by molar-refractivity contribution is 5.30. The van der Waals surface area contributed by atoms with E-state index in [1.54, 1.807) is 0 Å². The molecule has 14 heavy (non-hydrogen) atoms. The Balaban J connectivity index is 2.43. The molecule has 0 radical (unpaired) electrons. The predicted octanol–water partition coefficient (Wildman–Crippen LogP) is 3.80. The Morgan fingerprint density at radius 3 is 2.50 bits per heavy atom. The molecule has 0 bridgehead atoms. The highest BCUT2D eigenvalue weighted by atomic mass is 19.1. The Morgan fingerprint density at radius 1 is 1.29 bits per heavy atom. The summed E-state index contributed by atoms with van der Waals surface area (Å²) in [5.74, 6) is -0.589. The van der Waals surface area contributed by atoms with E-state index in [1.165, 1.54) is 18.2 Å². The third kappa shape index (κ3) is 1.33. The molecule has 1 aliphatic carbocycles. The fourth-order valence-electron chi connectivity index (χ4n) is 2.32. The lowest BCUT2D eigenvalue weighted by Crippen LogP contribution is -2.34. The normalized spacial score (nSPS) is 19.1. The van der Waals surface area contributed by atoms with Crippen molar-refractivity contribution in [1.82, 2.24) is 0 Å². The van der Waals surface area contributed by atoms with Gasteiger partial charge in [-0.2, -0.15) is 0 Å². The molecular weight excluding hydrogens is 182 g/mol. The minimum absolute atomic E-state index is 0.0772. The van der Waals surface area contributed by atoms with Crippen molar-refractivity contribution in [3.05, 3.63) is 35.4 Å². The molecular formula is C12H14F2. The van der Waals surface area contributed by atoms with Gasteiger partial charge in [0, 0.05) is 0 Å². The van der Waals surface area contributed by atoms with Crippen LogP contribution in [-0.2, 0) is 5.41 Å². The molecule has 1 aliphatic rings. The molecule has 0 heterocycles. The Labute approximate surface area is 82.9 Å². The fraction of sp³-hybridized carbons (Fsp3) is 0.500. The van der Waals surface area contributed by atoms with Crippen LogP contribution >= 0.6 is 0 Å². The quantitative estimate of drug-likeness (QED) is 0.675. The van der Waals surface area contributed by atoms with Crippen molar-refractivity contribution < 1.29 is 8.78 Å². The number of hydrogen-bond acceptors (Lipinski definition) is 0. The molecule has 1 aromatic carbocycles. The first-order valence-corrected chi connectivity index (χ1v) is 5.13. The summed E-state index contributed by atoms with van der Waals surface area (Å²) >= 11 is 0. The van der Waals surface area contributed by atoms with Crippen molar-refractivity contribution in [2.45, 2.75) is 38.0 Å². The van der Waals surface area contributed by atoms with Crippen molar-refractivity contribution in [3.8, 4) is 0 Å². The molecule has 0 N–H and O–H groups in total. The number of hydrogen-bond donors (Lipinski definition) is 0. The third-order valence-corrected chi connectivity index (χ3v) is 3.49. The maximum absolute atomic E-state index is 13.5. The Hall–Kier alpha value is -0.920. The molecule has 76 valence electrons. The second-order valence-electron chi connectivity index (χ2n) is 4.11. The van der Waals surface area contributed by atoms with E-state index in [2.05, 4.69) is 0 Å². The van der Waals surface area contributed by atoms with Gasteiger partial charge in [0.2, 0.25) is 0 Å². The average Bonchev–Trinajstić information content (AvgIpc) is 2.10. The van der Waals surface area contributed by atoms with E-state index >= 15 is 0 Å². The van der Waals surface area contributed by atoms with E-state index in [1.807, 2.05) is 6.92 Å². The minimum Gasteiger partial charge on any atom is -0.207 e. The molecule has 1 aromatic rings. The summed E-state index contributed by atoms with van der Waals surface area (Å²) in [6.45, 7) is 2.05. The summed E-state index contributed by atoms with van der Waals surface area (Å²) in [4.78, 5) is 0. The molecule has 1 fully saturated rings. The van der Waals surface area contributed by atoms with Crippen LogP contribution in [0, 0.1) is 11.6 Å². The highest BCUT2D eigenvalue weighted by Crippen LogP contribution is 2.47. The zero-order chi connectivity index (χ0) is 10.2. The second kappa shape index (κ2) is 3.34. The predicted molar refractivity (Wildman–Crippen MR) is 52.2 cm³/mol. The van der Waals surface area contributed by atoms with Gasteiger partial charge in [-0.1, -0.05) is 13.3 Å². The average molecular weight is 196 g/mol. The molecule has 0 aliphatic heterocycles. The van der Waals surface area contributed by atoms with E-state index in [0.717, 1.165) is 25.7 Å². The summed E-state index contributed by atoms with van der Waals surface area (Å²) in [6.07, 6.45) is 4.00. The van der Waals surface area contributed by atoms with Crippen LogP contribution in [0.15, 0.2) is 18.2 Å². The van der Waals surface area contributed by atoms with Crippen LogP contribution in [0.4, 0.5) is 8.78 Å². The van der Waals surface area contributed by atoms with Gasteiger partial charge in [-0.15, -0.1) is 0 Å². The molecule has 1 saturated carbocycles. The minimum atomic E-state index is -0.332. The van der Waals surface area contributed by atoms with Gasteiger partial charge in [-0.3, -0.25) is 0 Å². The smallest absolute Gasteiger partial charge is 0.127 e. The first-order valence-electron chi connectivity index (χ1n) is 5.13. The number of halogens is 2. The van der Waals surface area contributed by atoms with Crippen LogP contribution in [0.2, 0.25) is 0 Å². The van der Waals surface area contributed by atoms with Crippen LogP contribution in [0.25, 0.3) is 0 Å². The largest absolute Gasteiger partial charge is 0.207 e. The van der Waals surface area contributed by atoms with Crippen LogP contribution in [0.5, 0.6) is 0 Å². The van der Waals surface area contributed by atoms with Gasteiger partial charge in [0.25, 0.3) is 0 Å². The zero-order valence-electron chi connectivity index (χ0n) is 8.32. The molecule has 0 aromatic heterocycles. The van der Waals surface area contributed by atoms with Crippen LogP contribution < -0.4 is 0 Å². The second-order valence-corrected chi connectivity index (χ2v) is 4.11. The molecule has 0 spiro atoms. The lowest BCUT2D eigenvalue weighted by atomic mass is 9.63. The maximum Gasteiger partial charge on any atom is 0.127 e. The lowest BCUT2D eigenvalue weighted by molar-refractivity contribution is 0.226. The summed E-state index contributed by atoms with van der Waals surface area (Å²) in [5.41, 5.74) is 0.498. The van der Waals surface area contributed by atoms with Gasteiger partial charge in [0.1, 0.15) is 11.6 Å². The maximum atomic E-state index is 13.5. The van der Waals surface area contributed by atoms with Crippen molar-refractivity contribution in [2.24, 2.45) is 0 Å². The Bertz CT molecular complexity index is 335. The Morgan fingerprint density at radius 2 is 2.00 bits per heavy atom. The van der Waals surface area contributed by atoms with Crippen molar-refractivity contribution in [3.63, 3.8) is 0 Å². The first kappa shape index (κ1) is 9.63. The van der Waals surface area contributed by atoms with Crippen LogP contribution in [0.3, 0.4) is 0 Å². The van der Waals surface area contributed by atoms with Gasteiger partial charge in [0.05, 0.1) is 0 Å². The molecule has 0 amide bonds. The summed E-state index contributed by atoms with van der Waals surface area (Å²) in [5, 5.41) is 0. The fourth-order valence-corrected chi connectivity index (χ4v) is 2.32. The van der Waals surface area contributed by atoms with Crippen LogP contribution in [0.1, 0.15) is 38.2 Å². The topological polar surface area (TPSA) is 0 Å². The summed E-state index contributed by atoms with van der Waals surface area (Å²) in [6, 6.07) is 3.78. The Kier molecular flexibility index (Phi) is 2.30. The van der Waals surface area contributed by atoms with Crippen molar-refractivity contribution in [2.75, 3.05) is 0 Å². The van der Waals surface area contributed by atoms with E-state index in [4.69, 9.17) is 0 Å². The van der Waals surface area contributed by atoms with E-state index < -0.39 is 0 Å². The van der Waals surface area contributed by atoms with Crippen molar-refractivity contribution >= 4 is 0 Å². The van der Waals surface area contributed by atoms with Gasteiger partial charge in [0.15, 0.2) is 0 Å². The van der Waals surface area contributed by atoms with Gasteiger partial charge in [-0.25, -0.2) is 8.78 Å². The van der Waals surface area contributed by atoms with Crippen molar-refractivity contribution in [1.29, 1.82) is 0 Å². The van der Waals surface area contributed by atoms with E-state index in [9.17, 15) is 8.78 Å². The summed E-state index contributed by atoms with van der Waals surface area (Å²) < 4.78 is 26.5. The van der Waals surface area contributed by atoms with E-state index in [-0.39, 0.29) is 17.0 Å². The molecule has 0 unspecified atom stereocenters. The first-order chi connectivity index (χ1) is 6.68. The lowest BCUT2D eigenvalue weighted by Gasteiger charge is -2.42.